The quantitative estimate of drug-likeness (QED) is 0.655. The van der Waals surface area contributed by atoms with Crippen molar-refractivity contribution in [3.05, 3.63) is 12.2 Å². The fourth-order valence-corrected chi connectivity index (χ4v) is 2.01. The molecular weight excluding hydrogens is 185 g/mol. The summed E-state index contributed by atoms with van der Waals surface area (Å²) in [6.07, 6.45) is 3.20. The highest BCUT2D eigenvalue weighted by molar-refractivity contribution is 7.99. The number of ether oxygens (including phenoxy) is 1. The molecule has 0 bridgehead atoms. The summed E-state index contributed by atoms with van der Waals surface area (Å²) in [7, 11) is 0. The molecule has 0 saturated carbocycles. The normalized spacial score (nSPS) is 28.5. The number of thioether (sulfide) groups is 1. The second-order valence-corrected chi connectivity index (χ2v) is 4.77. The molecule has 0 unspecified atom stereocenters. The monoisotopic (exact) mass is 201 g/mol. The van der Waals surface area contributed by atoms with E-state index in [1.54, 1.807) is 24.8 Å². The van der Waals surface area contributed by atoms with E-state index in [1.165, 1.54) is 0 Å². The smallest absolute Gasteiger partial charge is 0.183 e. The first-order valence-electron chi connectivity index (χ1n) is 4.58. The van der Waals surface area contributed by atoms with Gasteiger partial charge in [0.15, 0.2) is 5.78 Å². The third-order valence-corrected chi connectivity index (χ3v) is 3.21. The fourth-order valence-electron chi connectivity index (χ4n) is 1.00. The summed E-state index contributed by atoms with van der Waals surface area (Å²) in [5.74, 6) is 1.80. The van der Waals surface area contributed by atoms with Crippen LogP contribution in [0, 0.1) is 5.92 Å². The Morgan fingerprint density at radius 2 is 2.31 bits per heavy atom. The number of hydrogen-bond donors (Lipinski definition) is 0. The second kappa shape index (κ2) is 4.82. The lowest BCUT2D eigenvalue weighted by atomic mass is 10.3. The van der Waals surface area contributed by atoms with Crippen LogP contribution >= 0.6 is 11.8 Å². The van der Waals surface area contributed by atoms with Crippen LogP contribution in [0.5, 0.6) is 0 Å². The van der Waals surface area contributed by atoms with E-state index in [4.69, 9.17) is 4.74 Å². The molecule has 74 valence electrons. The number of hydrogen-bond acceptors (Lipinski definition) is 3. The van der Waals surface area contributed by atoms with Gasteiger partial charge in [-0.3, -0.25) is 4.79 Å². The van der Waals surface area contributed by atoms with E-state index in [2.05, 4.69) is 13.8 Å². The molecule has 2 atom stereocenters. The molecule has 0 spiro atoms. The predicted octanol–water partition coefficient (Wildman–Crippen LogP) is 2.25. The Morgan fingerprint density at radius 3 is 2.85 bits per heavy atom. The number of carbonyl (C=O) groups is 1. The summed E-state index contributed by atoms with van der Waals surface area (Å²) in [5.41, 5.74) is 0.0649. The van der Waals surface area contributed by atoms with E-state index in [9.17, 15) is 4.79 Å². The average molecular weight is 201 g/mol. The maximum absolute atomic E-state index is 11.1. The Bertz CT molecular complexity index is 211. The Morgan fingerprint density at radius 1 is 1.62 bits per heavy atom. The van der Waals surface area contributed by atoms with Crippen molar-refractivity contribution in [2.24, 2.45) is 5.92 Å². The molecule has 0 fully saturated rings. The summed E-state index contributed by atoms with van der Waals surface area (Å²) >= 11 is 1.75. The highest BCUT2D eigenvalue weighted by Gasteiger charge is 2.20. The molecule has 1 heterocycles. The molecule has 0 saturated heterocycles. The SMILES string of the molecule is CC(C)CS[C@@H]1C=CC(=O)[13C@@H](C)O1. The van der Waals surface area contributed by atoms with Crippen molar-refractivity contribution in [2.75, 3.05) is 5.75 Å². The van der Waals surface area contributed by atoms with E-state index < -0.39 is 0 Å². The molecule has 0 amide bonds. The molecule has 0 aromatic carbocycles. The lowest BCUT2D eigenvalue weighted by molar-refractivity contribution is -0.125. The van der Waals surface area contributed by atoms with Gasteiger partial charge in [-0.05, 0) is 30.7 Å². The van der Waals surface area contributed by atoms with Gasteiger partial charge >= 0.3 is 0 Å². The minimum atomic E-state index is -0.269. The summed E-state index contributed by atoms with van der Waals surface area (Å²) in [6.45, 7) is 6.15. The largest absolute Gasteiger partial charge is 0.352 e. The Balaban J connectivity index is 2.37. The van der Waals surface area contributed by atoms with Crippen molar-refractivity contribution >= 4 is 17.5 Å². The summed E-state index contributed by atoms with van der Waals surface area (Å²) in [6, 6.07) is 0. The van der Waals surface area contributed by atoms with Crippen LogP contribution in [-0.2, 0) is 9.53 Å². The molecule has 2 nitrogen and oxygen atoms in total. The fraction of sp³-hybridized carbons (Fsp3) is 0.700. The van der Waals surface area contributed by atoms with Crippen LogP contribution in [-0.4, -0.2) is 23.1 Å². The van der Waals surface area contributed by atoms with Gasteiger partial charge in [0, 0.05) is 0 Å². The lowest BCUT2D eigenvalue weighted by Gasteiger charge is -2.22. The van der Waals surface area contributed by atoms with Gasteiger partial charge in [0.1, 0.15) is 11.5 Å². The van der Waals surface area contributed by atoms with Crippen LogP contribution in [0.4, 0.5) is 0 Å². The first-order valence-corrected chi connectivity index (χ1v) is 5.63. The molecule has 0 radical (unpaired) electrons. The maximum atomic E-state index is 11.1. The van der Waals surface area contributed by atoms with E-state index in [-0.39, 0.29) is 17.3 Å². The summed E-state index contributed by atoms with van der Waals surface area (Å²) < 4.78 is 5.48. The predicted molar refractivity (Wildman–Crippen MR) is 55.8 cm³/mol. The van der Waals surface area contributed by atoms with Crippen molar-refractivity contribution in [3.8, 4) is 0 Å². The number of ketones is 1. The summed E-state index contributed by atoms with van der Waals surface area (Å²) in [5, 5.41) is 0. The van der Waals surface area contributed by atoms with Gasteiger partial charge in [-0.2, -0.15) is 0 Å². The van der Waals surface area contributed by atoms with Crippen LogP contribution in [0.2, 0.25) is 0 Å². The zero-order valence-electron chi connectivity index (χ0n) is 8.32. The lowest BCUT2D eigenvalue weighted by Crippen LogP contribution is -2.27. The van der Waals surface area contributed by atoms with E-state index >= 15 is 0 Å². The van der Waals surface area contributed by atoms with Gasteiger partial charge in [-0.25, -0.2) is 0 Å². The van der Waals surface area contributed by atoms with Gasteiger partial charge in [-0.15, -0.1) is 11.8 Å². The minimum absolute atomic E-state index is 0.0649. The van der Waals surface area contributed by atoms with E-state index in [1.807, 2.05) is 6.08 Å². The van der Waals surface area contributed by atoms with Crippen molar-refractivity contribution < 1.29 is 9.53 Å². The Hall–Kier alpha value is -0.280. The molecule has 13 heavy (non-hydrogen) atoms. The van der Waals surface area contributed by atoms with Crippen molar-refractivity contribution in [1.82, 2.24) is 0 Å². The molecule has 0 N–H and O–H groups in total. The number of carbonyl (C=O) groups excluding carboxylic acids is 1. The molecular formula is C10H16O2S. The third kappa shape index (κ3) is 3.53. The highest BCUT2D eigenvalue weighted by Crippen LogP contribution is 2.22. The molecule has 1 rings (SSSR count). The van der Waals surface area contributed by atoms with Gasteiger partial charge in [0.2, 0.25) is 0 Å². The van der Waals surface area contributed by atoms with Crippen molar-refractivity contribution in [2.45, 2.75) is 32.3 Å². The van der Waals surface area contributed by atoms with Gasteiger partial charge < -0.3 is 4.74 Å². The molecule has 0 aromatic rings. The van der Waals surface area contributed by atoms with Gasteiger partial charge in [-0.1, -0.05) is 13.8 Å². The third-order valence-electron chi connectivity index (χ3n) is 1.75. The maximum Gasteiger partial charge on any atom is 0.183 e. The Labute approximate surface area is 83.7 Å². The molecule has 0 aliphatic carbocycles. The average Bonchev–Trinajstić information content (AvgIpc) is 2.07. The van der Waals surface area contributed by atoms with E-state index in [0.29, 0.717) is 5.92 Å². The van der Waals surface area contributed by atoms with Crippen molar-refractivity contribution in [1.29, 1.82) is 0 Å². The molecule has 3 heteroatoms. The first kappa shape index (κ1) is 10.8. The van der Waals surface area contributed by atoms with Crippen LogP contribution in [0.3, 0.4) is 0 Å². The van der Waals surface area contributed by atoms with Gasteiger partial charge in [0.25, 0.3) is 0 Å². The van der Waals surface area contributed by atoms with Crippen LogP contribution in [0.15, 0.2) is 12.2 Å². The molecule has 0 aromatic heterocycles. The summed E-state index contributed by atoms with van der Waals surface area (Å²) in [4.78, 5) is 11.1. The standard InChI is InChI=1S/C10H16O2S/c1-7(2)6-13-10-5-4-9(11)8(3)12-10/h4-5,7-8,10H,6H2,1-3H3/t8-,10-/m1/s1/i8+1. The van der Waals surface area contributed by atoms with Crippen molar-refractivity contribution in [3.63, 3.8) is 0 Å². The topological polar surface area (TPSA) is 26.3 Å². The second-order valence-electron chi connectivity index (χ2n) is 3.64. The minimum Gasteiger partial charge on any atom is -0.352 e. The zero-order valence-corrected chi connectivity index (χ0v) is 9.14. The van der Waals surface area contributed by atoms with Crippen LogP contribution in [0.25, 0.3) is 0 Å². The van der Waals surface area contributed by atoms with Crippen LogP contribution in [0.1, 0.15) is 20.8 Å². The number of rotatable bonds is 3. The first-order chi connectivity index (χ1) is 6.09. The zero-order chi connectivity index (χ0) is 9.84. The van der Waals surface area contributed by atoms with Gasteiger partial charge in [0.05, 0.1) is 0 Å². The van der Waals surface area contributed by atoms with Crippen LogP contribution < -0.4 is 0 Å². The highest BCUT2D eigenvalue weighted by atomic mass is 32.2. The molecule has 1 aliphatic rings. The van der Waals surface area contributed by atoms with E-state index in [0.717, 1.165) is 5.75 Å². The Kier molecular flexibility index (Phi) is 4.00. The molecule has 1 aliphatic heterocycles.